The number of piperazine rings is 1. The summed E-state index contributed by atoms with van der Waals surface area (Å²) in [7, 11) is 3.22. The highest BCUT2D eigenvalue weighted by Crippen LogP contribution is 2.42. The number of amides is 5. The van der Waals surface area contributed by atoms with Crippen LogP contribution in [0.15, 0.2) is 54.2 Å². The maximum absolute atomic E-state index is 15.2. The van der Waals surface area contributed by atoms with Crippen molar-refractivity contribution in [3.05, 3.63) is 76.0 Å². The molecule has 8 rings (SSSR count). The second-order valence-electron chi connectivity index (χ2n) is 19.4. The minimum atomic E-state index is -2.03. The van der Waals surface area contributed by atoms with Crippen LogP contribution in [0.5, 0.6) is 5.75 Å². The van der Waals surface area contributed by atoms with E-state index in [0.29, 0.717) is 78.6 Å². The molecule has 4 heterocycles. The maximum Gasteiger partial charge on any atom is 0.258 e. The Balaban J connectivity index is 0.822. The molecule has 71 heavy (non-hydrogen) atoms. The minimum absolute atomic E-state index is 0.0304. The Kier molecular flexibility index (Phi) is 16.1. The standard InChI is InChI=1S/C50H62ClFN10O7S2/c1-29-40(70-28-56-29)32-10-6-30(7-11-32)24-54-43(64)38-23-35(63)26-62(38)46(67)41(58-47(68)50(52)16-17-50)49(2,3)71-27-31-8-12-33(13-9-31)44(65)60-18-20-61(21-19-60)45(66)34-14-15-37(39(22-34)69-5)57-48-55-25-36(51)42(53-4)59-48/h6-7,10-11,14-15,22,25,28,31,33,35,38,41,63H,8-9,12-13,16-21,23-24,26-27H2,1-5H3,(H,54,64)(H,58,68)(H2,53,55,57,59)/t31?,33?,35-,38-,41?/m1/s1. The number of nitrogens with zero attached hydrogens (tertiary/aromatic N) is 6. The average Bonchev–Trinajstić information content (AvgIpc) is 3.79. The number of aromatic nitrogens is 3. The first kappa shape index (κ1) is 51.8. The average molecular weight is 1030 g/mol. The van der Waals surface area contributed by atoms with Gasteiger partial charge in [-0.25, -0.2) is 14.4 Å². The molecule has 3 atom stereocenters. The number of thioether (sulfide) groups is 1. The third-order valence-electron chi connectivity index (χ3n) is 14.0. The van der Waals surface area contributed by atoms with E-state index >= 15 is 4.39 Å². The van der Waals surface area contributed by atoms with Gasteiger partial charge >= 0.3 is 0 Å². The molecule has 2 aliphatic heterocycles. The number of aliphatic hydroxyl groups excluding tert-OH is 1. The second kappa shape index (κ2) is 22.0. The predicted molar refractivity (Wildman–Crippen MR) is 273 cm³/mol. The van der Waals surface area contributed by atoms with Crippen LogP contribution in [0.3, 0.4) is 0 Å². The fourth-order valence-corrected chi connectivity index (χ4v) is 11.8. The van der Waals surface area contributed by atoms with Gasteiger partial charge in [0.15, 0.2) is 5.67 Å². The van der Waals surface area contributed by atoms with E-state index in [1.54, 1.807) is 47.0 Å². The van der Waals surface area contributed by atoms with Crippen LogP contribution >= 0.6 is 34.7 Å². The molecule has 1 unspecified atom stereocenters. The summed E-state index contributed by atoms with van der Waals surface area (Å²) in [5.41, 5.74) is 3.62. The largest absolute Gasteiger partial charge is 0.495 e. The number of hydrogen-bond donors (Lipinski definition) is 5. The third kappa shape index (κ3) is 12.0. The Bertz CT molecular complexity index is 2600. The van der Waals surface area contributed by atoms with Gasteiger partial charge in [0.2, 0.25) is 23.7 Å². The zero-order valence-electron chi connectivity index (χ0n) is 40.6. The monoisotopic (exact) mass is 1030 g/mol. The predicted octanol–water partition coefficient (Wildman–Crippen LogP) is 6.22. The number of aliphatic hydroxyl groups is 1. The van der Waals surface area contributed by atoms with Crippen LogP contribution in [0.25, 0.3) is 10.4 Å². The highest BCUT2D eigenvalue weighted by Gasteiger charge is 2.54. The first-order chi connectivity index (χ1) is 34.0. The zero-order chi connectivity index (χ0) is 50.6. The Hall–Kier alpha value is -5.57. The van der Waals surface area contributed by atoms with Gasteiger partial charge in [0.05, 0.1) is 41.2 Å². The van der Waals surface area contributed by atoms with E-state index in [4.69, 9.17) is 16.3 Å². The quantitative estimate of drug-likeness (QED) is 0.0796. The number of methoxy groups -OCH3 is 1. The number of aryl methyl sites for hydroxylation is 1. The minimum Gasteiger partial charge on any atom is -0.495 e. The van der Waals surface area contributed by atoms with E-state index in [1.165, 1.54) is 30.0 Å². The molecule has 2 aliphatic carbocycles. The van der Waals surface area contributed by atoms with E-state index < -0.39 is 46.3 Å². The van der Waals surface area contributed by atoms with Crippen molar-refractivity contribution in [1.82, 2.24) is 40.3 Å². The summed E-state index contributed by atoms with van der Waals surface area (Å²) in [5.74, 6) is 0.0340. The lowest BCUT2D eigenvalue weighted by Crippen LogP contribution is -2.61. The van der Waals surface area contributed by atoms with Crippen molar-refractivity contribution in [3.8, 4) is 16.2 Å². The number of benzene rings is 2. The van der Waals surface area contributed by atoms with Gasteiger partial charge in [-0.1, -0.05) is 35.9 Å². The van der Waals surface area contributed by atoms with E-state index in [9.17, 15) is 29.1 Å². The molecule has 0 radical (unpaired) electrons. The molecule has 2 aromatic heterocycles. The molecule has 21 heteroatoms. The lowest BCUT2D eigenvalue weighted by molar-refractivity contribution is -0.143. The van der Waals surface area contributed by atoms with Gasteiger partial charge in [0.1, 0.15) is 28.7 Å². The van der Waals surface area contributed by atoms with Crippen molar-refractivity contribution in [2.45, 2.75) is 101 Å². The van der Waals surface area contributed by atoms with Crippen LogP contribution in [-0.4, -0.2) is 146 Å². The number of likely N-dealkylation sites (tertiary alicyclic amines) is 1. The lowest BCUT2D eigenvalue weighted by atomic mass is 9.82. The van der Waals surface area contributed by atoms with Crippen LogP contribution in [0.1, 0.15) is 80.4 Å². The molecule has 0 bridgehead atoms. The SMILES string of the molecule is CNc1nc(Nc2ccc(C(=O)N3CCN(C(=O)C4CCC(CSC(C)(C)C(NC(=O)C5(F)CC5)C(=O)N5C[C@H](O)C[C@@H]5C(=O)NCc5ccc(-c6scnc6C)cc5)CC4)CC3)cc2OC)ncc1Cl. The summed E-state index contributed by atoms with van der Waals surface area (Å²) >= 11 is 9.19. The second-order valence-corrected chi connectivity index (χ2v) is 22.3. The number of carbonyl (C=O) groups excluding carboxylic acids is 5. The number of thiazole rings is 1. The van der Waals surface area contributed by atoms with Gasteiger partial charge < -0.3 is 45.8 Å². The smallest absolute Gasteiger partial charge is 0.258 e. The number of carbonyl (C=O) groups is 5. The van der Waals surface area contributed by atoms with Gasteiger partial charge in [-0.05, 0) is 100 Å². The number of halogens is 2. The van der Waals surface area contributed by atoms with Crippen LogP contribution in [0.4, 0.5) is 21.8 Å². The summed E-state index contributed by atoms with van der Waals surface area (Å²) in [6.07, 6.45) is 3.68. The molecule has 4 fully saturated rings. The highest BCUT2D eigenvalue weighted by atomic mass is 35.5. The van der Waals surface area contributed by atoms with Crippen molar-refractivity contribution < 1.29 is 38.2 Å². The summed E-state index contributed by atoms with van der Waals surface area (Å²) in [5, 5.41) is 22.9. The molecule has 5 amide bonds. The van der Waals surface area contributed by atoms with E-state index in [0.717, 1.165) is 34.5 Å². The fraction of sp³-hybridized carbons (Fsp3) is 0.520. The lowest BCUT2D eigenvalue weighted by Gasteiger charge is -2.39. The van der Waals surface area contributed by atoms with Gasteiger partial charge in [-0.15, -0.1) is 11.3 Å². The number of β-amino-alcohol motifs (C(OH)–C–C–N with tert-alkyl or cyclic N) is 1. The van der Waals surface area contributed by atoms with Crippen LogP contribution in [-0.2, 0) is 25.7 Å². The van der Waals surface area contributed by atoms with Crippen molar-refractivity contribution in [2.24, 2.45) is 11.8 Å². The first-order valence-electron chi connectivity index (χ1n) is 24.1. The van der Waals surface area contributed by atoms with Crippen molar-refractivity contribution in [3.63, 3.8) is 0 Å². The number of ether oxygens (including phenoxy) is 1. The Morgan fingerprint density at radius 1 is 1.01 bits per heavy atom. The molecule has 5 N–H and O–H groups in total. The molecule has 4 aromatic rings. The van der Waals surface area contributed by atoms with E-state index in [2.05, 4.69) is 36.2 Å². The summed E-state index contributed by atoms with van der Waals surface area (Å²) in [4.78, 5) is 87.9. The summed E-state index contributed by atoms with van der Waals surface area (Å²) in [6.45, 7) is 7.39. The number of hydrogen-bond acceptors (Lipinski definition) is 14. The molecule has 2 aromatic carbocycles. The number of alkyl halides is 1. The topological polar surface area (TPSA) is 211 Å². The first-order valence-corrected chi connectivity index (χ1v) is 26.3. The maximum atomic E-state index is 15.2. The number of anilines is 3. The van der Waals surface area contributed by atoms with Gasteiger partial charge in [-0.3, -0.25) is 24.0 Å². The summed E-state index contributed by atoms with van der Waals surface area (Å²) < 4.78 is 19.8. The number of rotatable bonds is 17. The third-order valence-corrected chi connectivity index (χ3v) is 16.9. The molecule has 0 spiro atoms. The normalized spacial score (nSPS) is 21.3. The highest BCUT2D eigenvalue weighted by molar-refractivity contribution is 8.00. The molecule has 4 aliphatic rings. The van der Waals surface area contributed by atoms with Crippen LogP contribution in [0.2, 0.25) is 5.02 Å². The fourth-order valence-electron chi connectivity index (χ4n) is 9.48. The summed E-state index contributed by atoms with van der Waals surface area (Å²) in [6, 6.07) is 10.7. The van der Waals surface area contributed by atoms with Crippen molar-refractivity contribution in [1.29, 1.82) is 0 Å². The Morgan fingerprint density at radius 2 is 1.72 bits per heavy atom. The van der Waals surface area contributed by atoms with Crippen molar-refractivity contribution >= 4 is 81.7 Å². The zero-order valence-corrected chi connectivity index (χ0v) is 43.0. The Labute approximate surface area is 426 Å². The van der Waals surface area contributed by atoms with Crippen LogP contribution in [0, 0.1) is 18.8 Å². The van der Waals surface area contributed by atoms with Gasteiger partial charge in [0.25, 0.3) is 11.8 Å². The van der Waals surface area contributed by atoms with Gasteiger partial charge in [0, 0.05) is 69.0 Å². The van der Waals surface area contributed by atoms with Crippen LogP contribution < -0.4 is 26.0 Å². The Morgan fingerprint density at radius 3 is 2.37 bits per heavy atom. The molecule has 380 valence electrons. The van der Waals surface area contributed by atoms with Crippen molar-refractivity contribution in [2.75, 3.05) is 63.3 Å². The van der Waals surface area contributed by atoms with E-state index in [1.807, 2.05) is 49.9 Å². The van der Waals surface area contributed by atoms with E-state index in [-0.39, 0.29) is 56.0 Å². The molecular formula is C50H62ClFN10O7S2. The molecular weight excluding hydrogens is 971 g/mol. The molecule has 17 nitrogen and oxygen atoms in total. The number of nitrogens with one attached hydrogen (secondary N) is 4. The van der Waals surface area contributed by atoms with Gasteiger partial charge in [-0.2, -0.15) is 16.7 Å². The molecule has 2 saturated heterocycles. The molecule has 2 saturated carbocycles.